The molecule has 0 radical (unpaired) electrons. The summed E-state index contributed by atoms with van der Waals surface area (Å²) in [5, 5.41) is 7.30. The summed E-state index contributed by atoms with van der Waals surface area (Å²) < 4.78 is 0. The molecule has 0 bridgehead atoms. The number of thiophene rings is 1. The highest BCUT2D eigenvalue weighted by molar-refractivity contribution is 7.08. The highest BCUT2D eigenvalue weighted by atomic mass is 32.1. The fourth-order valence-electron chi connectivity index (χ4n) is 2.32. The van der Waals surface area contributed by atoms with Crippen LogP contribution in [0.3, 0.4) is 0 Å². The molecule has 0 amide bonds. The molecule has 0 spiro atoms. The van der Waals surface area contributed by atoms with Gasteiger partial charge in [-0.1, -0.05) is 6.92 Å². The molecule has 1 fully saturated rings. The van der Waals surface area contributed by atoms with Crippen LogP contribution >= 0.6 is 11.3 Å². The lowest BCUT2D eigenvalue weighted by atomic mass is 9.73. The third kappa shape index (κ3) is 1.99. The van der Waals surface area contributed by atoms with Crippen molar-refractivity contribution >= 4 is 17.1 Å². The molecule has 2 nitrogen and oxygen atoms in total. The zero-order chi connectivity index (χ0) is 10.7. The molecule has 2 heterocycles. The summed E-state index contributed by atoms with van der Waals surface area (Å²) in [6.45, 7) is 4.02. The number of hydrogen-bond acceptors (Lipinski definition) is 3. The van der Waals surface area contributed by atoms with E-state index in [0.717, 1.165) is 37.9 Å². The van der Waals surface area contributed by atoms with Crippen LogP contribution in [-0.4, -0.2) is 18.9 Å². The average Bonchev–Trinajstić information content (AvgIpc) is 2.82. The largest absolute Gasteiger partial charge is 0.316 e. The Morgan fingerprint density at radius 1 is 1.67 bits per heavy atom. The smallest absolute Gasteiger partial charge is 0.171 e. The van der Waals surface area contributed by atoms with Gasteiger partial charge >= 0.3 is 0 Å². The van der Waals surface area contributed by atoms with E-state index in [1.165, 1.54) is 0 Å². The predicted molar refractivity (Wildman–Crippen MR) is 63.5 cm³/mol. The summed E-state index contributed by atoms with van der Waals surface area (Å²) >= 11 is 1.60. The van der Waals surface area contributed by atoms with Crippen LogP contribution in [0.5, 0.6) is 0 Å². The highest BCUT2D eigenvalue weighted by Gasteiger charge is 2.38. The first-order valence-electron chi connectivity index (χ1n) is 5.56. The van der Waals surface area contributed by atoms with Crippen molar-refractivity contribution in [3.63, 3.8) is 0 Å². The summed E-state index contributed by atoms with van der Waals surface area (Å²) in [7, 11) is 0. The Kier molecular flexibility index (Phi) is 3.22. The van der Waals surface area contributed by atoms with Crippen LogP contribution in [0.25, 0.3) is 0 Å². The molecule has 1 aromatic rings. The minimum atomic E-state index is -0.140. The number of hydrogen-bond donors (Lipinski definition) is 1. The Morgan fingerprint density at radius 2 is 2.53 bits per heavy atom. The van der Waals surface area contributed by atoms with E-state index in [0.29, 0.717) is 5.78 Å². The van der Waals surface area contributed by atoms with Crippen LogP contribution < -0.4 is 5.32 Å². The van der Waals surface area contributed by atoms with E-state index in [2.05, 4.69) is 12.2 Å². The number of nitrogens with one attached hydrogen (secondary N) is 1. The van der Waals surface area contributed by atoms with Gasteiger partial charge in [-0.25, -0.2) is 0 Å². The van der Waals surface area contributed by atoms with Gasteiger partial charge in [-0.3, -0.25) is 4.79 Å². The van der Waals surface area contributed by atoms with Crippen molar-refractivity contribution in [1.29, 1.82) is 0 Å². The fraction of sp³-hybridized carbons (Fsp3) is 0.583. The van der Waals surface area contributed by atoms with Gasteiger partial charge in [-0.2, -0.15) is 11.3 Å². The molecular formula is C12H17NOS. The third-order valence-electron chi connectivity index (χ3n) is 3.41. The van der Waals surface area contributed by atoms with E-state index < -0.39 is 0 Å². The van der Waals surface area contributed by atoms with E-state index in [4.69, 9.17) is 0 Å². The molecule has 0 aliphatic carbocycles. The molecule has 0 aromatic carbocycles. The second-order valence-electron chi connectivity index (χ2n) is 4.26. The molecule has 1 saturated heterocycles. The maximum Gasteiger partial charge on any atom is 0.171 e. The van der Waals surface area contributed by atoms with Gasteiger partial charge in [0.2, 0.25) is 0 Å². The summed E-state index contributed by atoms with van der Waals surface area (Å²) in [4.78, 5) is 12.4. The van der Waals surface area contributed by atoms with Crippen LogP contribution in [0.4, 0.5) is 0 Å². The van der Waals surface area contributed by atoms with Crippen molar-refractivity contribution in [1.82, 2.24) is 5.32 Å². The van der Waals surface area contributed by atoms with Crippen LogP contribution in [-0.2, 0) is 0 Å². The molecule has 1 aliphatic heterocycles. The number of ketones is 1. The molecule has 1 aromatic heterocycles. The quantitative estimate of drug-likeness (QED) is 0.798. The molecule has 82 valence electrons. The number of rotatable bonds is 3. The lowest BCUT2D eigenvalue weighted by Crippen LogP contribution is -2.45. The first kappa shape index (κ1) is 10.8. The first-order chi connectivity index (χ1) is 7.28. The molecule has 3 heteroatoms. The van der Waals surface area contributed by atoms with Crippen molar-refractivity contribution in [2.24, 2.45) is 5.41 Å². The second-order valence-corrected chi connectivity index (χ2v) is 5.04. The SMILES string of the molecule is CCC1(C(=O)c2ccsc2)CCCNC1. The molecule has 1 N–H and O–H groups in total. The predicted octanol–water partition coefficient (Wildman–Crippen LogP) is 2.71. The number of carbonyl (C=O) groups excluding carboxylic acids is 1. The molecule has 1 unspecified atom stereocenters. The molecule has 1 atom stereocenters. The Balaban J connectivity index is 2.22. The van der Waals surface area contributed by atoms with Crippen molar-refractivity contribution in [3.8, 4) is 0 Å². The topological polar surface area (TPSA) is 29.1 Å². The van der Waals surface area contributed by atoms with E-state index in [1.54, 1.807) is 11.3 Å². The van der Waals surface area contributed by atoms with Crippen LogP contribution in [0.2, 0.25) is 0 Å². The van der Waals surface area contributed by atoms with Gasteiger partial charge in [0.15, 0.2) is 5.78 Å². The molecule has 15 heavy (non-hydrogen) atoms. The van der Waals surface area contributed by atoms with Gasteiger partial charge in [0.05, 0.1) is 0 Å². The monoisotopic (exact) mass is 223 g/mol. The normalized spacial score (nSPS) is 26.5. The van der Waals surface area contributed by atoms with E-state index >= 15 is 0 Å². The highest BCUT2D eigenvalue weighted by Crippen LogP contribution is 2.34. The maximum atomic E-state index is 12.4. The summed E-state index contributed by atoms with van der Waals surface area (Å²) in [6.07, 6.45) is 3.09. The zero-order valence-corrected chi connectivity index (χ0v) is 9.90. The van der Waals surface area contributed by atoms with Crippen LogP contribution in [0.1, 0.15) is 36.5 Å². The second kappa shape index (κ2) is 4.45. The van der Waals surface area contributed by atoms with Gasteiger partial charge < -0.3 is 5.32 Å². The Hall–Kier alpha value is -0.670. The first-order valence-corrected chi connectivity index (χ1v) is 6.50. The third-order valence-corrected chi connectivity index (χ3v) is 4.10. The summed E-state index contributed by atoms with van der Waals surface area (Å²) in [5.41, 5.74) is 0.754. The number of piperidine rings is 1. The molecular weight excluding hydrogens is 206 g/mol. The molecule has 0 saturated carbocycles. The number of Topliss-reactive ketones (excluding diaryl/α,β-unsaturated/α-hetero) is 1. The van der Waals surface area contributed by atoms with Crippen molar-refractivity contribution in [2.45, 2.75) is 26.2 Å². The minimum absolute atomic E-state index is 0.140. The molecule has 2 rings (SSSR count). The van der Waals surface area contributed by atoms with Crippen molar-refractivity contribution in [3.05, 3.63) is 22.4 Å². The van der Waals surface area contributed by atoms with Crippen LogP contribution in [0.15, 0.2) is 16.8 Å². The average molecular weight is 223 g/mol. The van der Waals surface area contributed by atoms with Crippen molar-refractivity contribution in [2.75, 3.05) is 13.1 Å². The van der Waals surface area contributed by atoms with E-state index in [1.807, 2.05) is 16.8 Å². The van der Waals surface area contributed by atoms with Gasteiger partial charge in [0.25, 0.3) is 0 Å². The van der Waals surface area contributed by atoms with Gasteiger partial charge in [-0.05, 0) is 37.3 Å². The van der Waals surface area contributed by atoms with E-state index in [-0.39, 0.29) is 5.41 Å². The van der Waals surface area contributed by atoms with E-state index in [9.17, 15) is 4.79 Å². The maximum absolute atomic E-state index is 12.4. The zero-order valence-electron chi connectivity index (χ0n) is 9.08. The Morgan fingerprint density at radius 3 is 3.07 bits per heavy atom. The lowest BCUT2D eigenvalue weighted by molar-refractivity contribution is 0.0731. The number of carbonyl (C=O) groups is 1. The lowest BCUT2D eigenvalue weighted by Gasteiger charge is -2.35. The van der Waals surface area contributed by atoms with Gasteiger partial charge in [0.1, 0.15) is 0 Å². The summed E-state index contributed by atoms with van der Waals surface area (Å²) in [5.74, 6) is 0.332. The van der Waals surface area contributed by atoms with Gasteiger partial charge in [-0.15, -0.1) is 0 Å². The molecule has 1 aliphatic rings. The van der Waals surface area contributed by atoms with Gasteiger partial charge in [0, 0.05) is 22.9 Å². The standard InChI is InChI=1S/C12H17NOS/c1-2-12(5-3-6-13-9-12)11(14)10-4-7-15-8-10/h4,7-8,13H,2-3,5-6,9H2,1H3. The Labute approximate surface area is 94.7 Å². The van der Waals surface area contributed by atoms with Crippen LogP contribution in [0, 0.1) is 5.41 Å². The van der Waals surface area contributed by atoms with Crippen molar-refractivity contribution < 1.29 is 4.79 Å². The fourth-order valence-corrected chi connectivity index (χ4v) is 2.96. The minimum Gasteiger partial charge on any atom is -0.316 e. The Bertz CT molecular complexity index is 325. The summed E-state index contributed by atoms with van der Waals surface area (Å²) in [6, 6.07) is 1.94.